The van der Waals surface area contributed by atoms with E-state index in [1.54, 1.807) is 0 Å². The van der Waals surface area contributed by atoms with Crippen molar-refractivity contribution < 1.29 is 0 Å². The minimum Gasteiger partial charge on any atom is -0.316 e. The van der Waals surface area contributed by atoms with Gasteiger partial charge in [0.15, 0.2) is 0 Å². The lowest BCUT2D eigenvalue weighted by atomic mass is 10.1. The summed E-state index contributed by atoms with van der Waals surface area (Å²) in [6.45, 7) is 12.7. The molecular weight excluding hydrogens is 264 g/mol. The number of hydrogen-bond acceptors (Lipinski definition) is 3. The monoisotopic (exact) mass is 296 g/mol. The van der Waals surface area contributed by atoms with Crippen LogP contribution in [0.15, 0.2) is 17.5 Å². The van der Waals surface area contributed by atoms with Crippen LogP contribution in [0.5, 0.6) is 0 Å². The van der Waals surface area contributed by atoms with Crippen molar-refractivity contribution in [2.24, 2.45) is 5.92 Å². The van der Waals surface area contributed by atoms with Crippen LogP contribution >= 0.6 is 11.3 Å². The number of unbranched alkanes of at least 4 members (excludes halogenated alkanes) is 3. The molecule has 2 nitrogen and oxygen atoms in total. The summed E-state index contributed by atoms with van der Waals surface area (Å²) in [5.41, 5.74) is 0. The van der Waals surface area contributed by atoms with Gasteiger partial charge in [-0.1, -0.05) is 39.7 Å². The van der Waals surface area contributed by atoms with E-state index in [2.05, 4.69) is 48.5 Å². The zero-order valence-corrected chi connectivity index (χ0v) is 14.3. The zero-order valence-electron chi connectivity index (χ0n) is 13.5. The second-order valence-corrected chi connectivity index (χ2v) is 6.99. The molecule has 0 fully saturated rings. The highest BCUT2D eigenvalue weighted by Gasteiger charge is 2.04. The maximum atomic E-state index is 3.52. The van der Waals surface area contributed by atoms with Crippen LogP contribution in [0.4, 0.5) is 0 Å². The third-order valence-electron chi connectivity index (χ3n) is 3.54. The summed E-state index contributed by atoms with van der Waals surface area (Å²) in [7, 11) is 0. The van der Waals surface area contributed by atoms with Gasteiger partial charge in [0.05, 0.1) is 0 Å². The summed E-state index contributed by atoms with van der Waals surface area (Å²) >= 11 is 1.87. The molecule has 0 aliphatic carbocycles. The maximum absolute atomic E-state index is 3.52. The molecule has 0 aliphatic heterocycles. The predicted octanol–water partition coefficient (Wildman–Crippen LogP) is 4.38. The fourth-order valence-corrected chi connectivity index (χ4v) is 3.05. The Labute approximate surface area is 129 Å². The Bertz CT molecular complexity index is 309. The average Bonchev–Trinajstić information content (AvgIpc) is 2.93. The molecule has 3 heteroatoms. The first-order valence-electron chi connectivity index (χ1n) is 8.17. The molecule has 0 unspecified atom stereocenters. The molecule has 0 saturated heterocycles. The van der Waals surface area contributed by atoms with Gasteiger partial charge in [-0.3, -0.25) is 4.90 Å². The van der Waals surface area contributed by atoms with Gasteiger partial charge in [-0.25, -0.2) is 0 Å². The first kappa shape index (κ1) is 17.7. The van der Waals surface area contributed by atoms with Crippen molar-refractivity contribution >= 4 is 11.3 Å². The van der Waals surface area contributed by atoms with Crippen molar-refractivity contribution in [2.45, 2.75) is 53.0 Å². The zero-order chi connectivity index (χ0) is 14.6. The predicted molar refractivity (Wildman–Crippen MR) is 91.4 cm³/mol. The number of nitrogens with one attached hydrogen (secondary N) is 1. The summed E-state index contributed by atoms with van der Waals surface area (Å²) < 4.78 is 0. The molecule has 0 aromatic carbocycles. The molecule has 1 aromatic rings. The van der Waals surface area contributed by atoms with E-state index >= 15 is 0 Å². The van der Waals surface area contributed by atoms with E-state index in [4.69, 9.17) is 0 Å². The first-order chi connectivity index (χ1) is 9.72. The molecule has 20 heavy (non-hydrogen) atoms. The van der Waals surface area contributed by atoms with Crippen LogP contribution in [0.3, 0.4) is 0 Å². The van der Waals surface area contributed by atoms with Gasteiger partial charge in [0, 0.05) is 11.4 Å². The summed E-state index contributed by atoms with van der Waals surface area (Å²) in [6.07, 6.45) is 5.39. The maximum Gasteiger partial charge on any atom is 0.0327 e. The van der Waals surface area contributed by atoms with Crippen molar-refractivity contribution in [1.29, 1.82) is 0 Å². The van der Waals surface area contributed by atoms with Crippen molar-refractivity contribution in [2.75, 3.05) is 26.2 Å². The second-order valence-electron chi connectivity index (χ2n) is 5.96. The van der Waals surface area contributed by atoms with E-state index in [0.717, 1.165) is 25.6 Å². The van der Waals surface area contributed by atoms with Crippen LogP contribution in [0.2, 0.25) is 0 Å². The molecular formula is C17H32N2S. The van der Waals surface area contributed by atoms with Gasteiger partial charge < -0.3 is 5.32 Å². The van der Waals surface area contributed by atoms with Gasteiger partial charge in [-0.15, -0.1) is 11.3 Å². The molecule has 1 aromatic heterocycles. The van der Waals surface area contributed by atoms with E-state index in [-0.39, 0.29) is 0 Å². The standard InChI is InChI=1S/C17H32N2S/c1-4-19(15-17-10-9-13-20-17)12-8-6-5-7-11-18-14-16(2)3/h9-10,13,16,18H,4-8,11-12,14-15H2,1-3H3. The van der Waals surface area contributed by atoms with E-state index in [1.807, 2.05) is 11.3 Å². The Morgan fingerprint density at radius 2 is 2.00 bits per heavy atom. The summed E-state index contributed by atoms with van der Waals surface area (Å²) in [5, 5.41) is 5.69. The third kappa shape index (κ3) is 8.72. The van der Waals surface area contributed by atoms with Crippen molar-refractivity contribution in [3.63, 3.8) is 0 Å². The molecule has 1 N–H and O–H groups in total. The van der Waals surface area contributed by atoms with E-state index in [1.165, 1.54) is 43.6 Å². The van der Waals surface area contributed by atoms with E-state index < -0.39 is 0 Å². The number of nitrogens with zero attached hydrogens (tertiary/aromatic N) is 1. The van der Waals surface area contributed by atoms with Crippen LogP contribution < -0.4 is 5.32 Å². The number of thiophene rings is 1. The third-order valence-corrected chi connectivity index (χ3v) is 4.40. The fourth-order valence-electron chi connectivity index (χ4n) is 2.30. The van der Waals surface area contributed by atoms with Crippen molar-refractivity contribution in [1.82, 2.24) is 10.2 Å². The highest BCUT2D eigenvalue weighted by Crippen LogP contribution is 2.12. The molecule has 1 heterocycles. The lowest BCUT2D eigenvalue weighted by Crippen LogP contribution is -2.23. The lowest BCUT2D eigenvalue weighted by molar-refractivity contribution is 0.275. The van der Waals surface area contributed by atoms with Gasteiger partial charge in [0.2, 0.25) is 0 Å². The minimum absolute atomic E-state index is 0.769. The summed E-state index contributed by atoms with van der Waals surface area (Å²) in [4.78, 5) is 4.05. The smallest absolute Gasteiger partial charge is 0.0327 e. The molecule has 1 rings (SSSR count). The van der Waals surface area contributed by atoms with Crippen molar-refractivity contribution in [3.05, 3.63) is 22.4 Å². The topological polar surface area (TPSA) is 15.3 Å². The summed E-state index contributed by atoms with van der Waals surface area (Å²) in [6, 6.07) is 4.39. The molecule has 0 aliphatic rings. The Kier molecular flexibility index (Phi) is 9.98. The van der Waals surface area contributed by atoms with E-state index in [0.29, 0.717) is 0 Å². The van der Waals surface area contributed by atoms with Crippen LogP contribution in [0.1, 0.15) is 51.3 Å². The SMILES string of the molecule is CCN(CCCCCCNCC(C)C)Cc1cccs1. The molecule has 0 spiro atoms. The van der Waals surface area contributed by atoms with Crippen LogP contribution in [-0.4, -0.2) is 31.1 Å². The van der Waals surface area contributed by atoms with Crippen LogP contribution in [-0.2, 0) is 6.54 Å². The molecule has 0 saturated carbocycles. The van der Waals surface area contributed by atoms with Gasteiger partial charge >= 0.3 is 0 Å². The quantitative estimate of drug-likeness (QED) is 0.576. The molecule has 0 radical (unpaired) electrons. The molecule has 0 atom stereocenters. The van der Waals surface area contributed by atoms with Crippen LogP contribution in [0, 0.1) is 5.92 Å². The Morgan fingerprint density at radius 3 is 2.65 bits per heavy atom. The largest absolute Gasteiger partial charge is 0.316 e. The number of hydrogen-bond donors (Lipinski definition) is 1. The summed E-state index contributed by atoms with van der Waals surface area (Å²) in [5.74, 6) is 0.769. The van der Waals surface area contributed by atoms with Gasteiger partial charge in [-0.2, -0.15) is 0 Å². The van der Waals surface area contributed by atoms with Gasteiger partial charge in [0.1, 0.15) is 0 Å². The second kappa shape index (κ2) is 11.3. The van der Waals surface area contributed by atoms with Gasteiger partial charge in [0.25, 0.3) is 0 Å². The highest BCUT2D eigenvalue weighted by molar-refractivity contribution is 7.09. The lowest BCUT2D eigenvalue weighted by Gasteiger charge is -2.19. The fraction of sp³-hybridized carbons (Fsp3) is 0.765. The highest BCUT2D eigenvalue weighted by atomic mass is 32.1. The Hall–Kier alpha value is -0.380. The minimum atomic E-state index is 0.769. The molecule has 0 amide bonds. The van der Waals surface area contributed by atoms with Crippen molar-refractivity contribution in [3.8, 4) is 0 Å². The average molecular weight is 297 g/mol. The Morgan fingerprint density at radius 1 is 1.20 bits per heavy atom. The first-order valence-corrected chi connectivity index (χ1v) is 9.05. The Balaban J connectivity index is 1.96. The molecule has 0 bridgehead atoms. The van der Waals surface area contributed by atoms with E-state index in [9.17, 15) is 0 Å². The molecule has 116 valence electrons. The normalized spacial score (nSPS) is 11.7. The number of rotatable bonds is 12. The van der Waals surface area contributed by atoms with Crippen LogP contribution in [0.25, 0.3) is 0 Å². The van der Waals surface area contributed by atoms with Gasteiger partial charge in [-0.05, 0) is 56.4 Å².